The number of phosphoric ester groups is 1. The van der Waals surface area contributed by atoms with Gasteiger partial charge in [0, 0.05) is 6.42 Å². The van der Waals surface area contributed by atoms with Crippen molar-refractivity contribution in [3.8, 4) is 0 Å². The molecule has 0 aromatic rings. The zero-order valence-corrected chi connectivity index (χ0v) is 45.7. The first-order valence-electron chi connectivity index (χ1n) is 28.5. The zero-order chi connectivity index (χ0) is 49.2. The van der Waals surface area contributed by atoms with E-state index in [9.17, 15) is 19.4 Å². The molecule has 0 aliphatic rings. The van der Waals surface area contributed by atoms with Crippen LogP contribution in [0.15, 0.2) is 48.6 Å². The van der Waals surface area contributed by atoms with Gasteiger partial charge in [0.1, 0.15) is 13.2 Å². The molecule has 3 unspecified atom stereocenters. The van der Waals surface area contributed by atoms with Crippen molar-refractivity contribution in [1.82, 2.24) is 5.32 Å². The van der Waals surface area contributed by atoms with Crippen molar-refractivity contribution in [2.24, 2.45) is 0 Å². The normalized spacial score (nSPS) is 14.3. The number of unbranched alkanes of at least 4 members (excludes halogenated alkanes) is 33. The van der Waals surface area contributed by atoms with Crippen LogP contribution in [0, 0.1) is 0 Å². The van der Waals surface area contributed by atoms with Gasteiger partial charge in [0.2, 0.25) is 5.91 Å². The lowest BCUT2D eigenvalue weighted by atomic mass is 10.0. The molecule has 0 spiro atoms. The van der Waals surface area contributed by atoms with Gasteiger partial charge in [0.15, 0.2) is 0 Å². The van der Waals surface area contributed by atoms with E-state index in [0.29, 0.717) is 17.4 Å². The molecule has 0 heterocycles. The number of hydrogen-bond acceptors (Lipinski definition) is 6. The Kier molecular flexibility index (Phi) is 48.3. The van der Waals surface area contributed by atoms with Crippen molar-refractivity contribution in [3.63, 3.8) is 0 Å². The summed E-state index contributed by atoms with van der Waals surface area (Å²) in [5.41, 5.74) is 0. The molecular weight excluding hydrogens is 852 g/mol. The minimum atomic E-state index is -4.60. The molecule has 0 rings (SSSR count). The van der Waals surface area contributed by atoms with Gasteiger partial charge in [-0.1, -0.05) is 242 Å². The summed E-state index contributed by atoms with van der Waals surface area (Å²) in [7, 11) is 1.25. The fourth-order valence-corrected chi connectivity index (χ4v) is 8.98. The van der Waals surface area contributed by atoms with Crippen LogP contribution in [-0.4, -0.2) is 68.5 Å². The minimum absolute atomic E-state index is 0.00635. The van der Waals surface area contributed by atoms with E-state index in [4.69, 9.17) is 9.05 Å². The number of carbonyl (C=O) groups excluding carboxylic acids is 1. The number of hydrogen-bond donors (Lipinski definition) is 2. The number of aliphatic hydroxyl groups excluding tert-OH is 1. The van der Waals surface area contributed by atoms with Crippen molar-refractivity contribution >= 4 is 13.7 Å². The monoisotopic (exact) mass is 963 g/mol. The van der Waals surface area contributed by atoms with Gasteiger partial charge in [-0.25, -0.2) is 0 Å². The van der Waals surface area contributed by atoms with E-state index in [0.717, 1.165) is 44.9 Å². The summed E-state index contributed by atoms with van der Waals surface area (Å²) in [5, 5.41) is 13.8. The summed E-state index contributed by atoms with van der Waals surface area (Å²) < 4.78 is 23.2. The Bertz CT molecular complexity index is 1230. The molecular formula is C58H111N2O6P. The number of allylic oxidation sites excluding steroid dienone is 7. The first-order valence-corrected chi connectivity index (χ1v) is 30.0. The SMILES string of the molecule is CCCCCCCC/C=C/CC/C=C/C(O)C(COP(=O)([O-])OCC[N+](C)(C)C)NC(=O)CCCCCCCCCCCCCCCCCCC/C=C\C/C=C\CCCCCCCCCCC. The highest BCUT2D eigenvalue weighted by atomic mass is 31.2. The first-order chi connectivity index (χ1) is 32.5. The van der Waals surface area contributed by atoms with Gasteiger partial charge in [0.05, 0.1) is 39.9 Å². The number of carbonyl (C=O) groups is 1. The van der Waals surface area contributed by atoms with Crippen LogP contribution in [-0.2, 0) is 18.4 Å². The lowest BCUT2D eigenvalue weighted by Gasteiger charge is -2.29. The Balaban J connectivity index is 4.01. The Hall–Kier alpha value is -1.54. The van der Waals surface area contributed by atoms with E-state index in [2.05, 4.69) is 55.6 Å². The molecule has 0 aliphatic heterocycles. The maximum absolute atomic E-state index is 12.9. The average molecular weight is 964 g/mol. The number of phosphoric acid groups is 1. The Morgan fingerprint density at radius 3 is 1.30 bits per heavy atom. The van der Waals surface area contributed by atoms with E-state index in [1.165, 1.54) is 199 Å². The topological polar surface area (TPSA) is 108 Å². The highest BCUT2D eigenvalue weighted by Crippen LogP contribution is 2.38. The van der Waals surface area contributed by atoms with Crippen LogP contribution in [0.3, 0.4) is 0 Å². The summed E-state index contributed by atoms with van der Waals surface area (Å²) >= 11 is 0. The largest absolute Gasteiger partial charge is 0.756 e. The van der Waals surface area contributed by atoms with E-state index < -0.39 is 26.6 Å². The summed E-state index contributed by atoms with van der Waals surface area (Å²) in [6, 6.07) is -0.902. The minimum Gasteiger partial charge on any atom is -0.756 e. The Morgan fingerprint density at radius 1 is 0.522 bits per heavy atom. The molecule has 0 fully saturated rings. The summed E-state index contributed by atoms with van der Waals surface area (Å²) in [5.74, 6) is -0.207. The summed E-state index contributed by atoms with van der Waals surface area (Å²) in [6.45, 7) is 4.62. The number of nitrogens with zero attached hydrogens (tertiary/aromatic N) is 1. The van der Waals surface area contributed by atoms with Crippen molar-refractivity contribution in [2.75, 3.05) is 40.9 Å². The van der Waals surface area contributed by atoms with Crippen LogP contribution >= 0.6 is 7.82 Å². The van der Waals surface area contributed by atoms with Crippen LogP contribution in [0.1, 0.15) is 264 Å². The number of amides is 1. The highest BCUT2D eigenvalue weighted by Gasteiger charge is 2.23. The molecule has 8 nitrogen and oxygen atoms in total. The van der Waals surface area contributed by atoms with Crippen LogP contribution in [0.5, 0.6) is 0 Å². The zero-order valence-electron chi connectivity index (χ0n) is 44.9. The second kappa shape index (κ2) is 49.4. The van der Waals surface area contributed by atoms with Crippen molar-refractivity contribution in [2.45, 2.75) is 276 Å². The predicted molar refractivity (Wildman–Crippen MR) is 288 cm³/mol. The molecule has 2 N–H and O–H groups in total. The number of rotatable bonds is 52. The number of aliphatic hydroxyl groups is 1. The second-order valence-corrected chi connectivity index (χ2v) is 22.0. The highest BCUT2D eigenvalue weighted by molar-refractivity contribution is 7.45. The first kappa shape index (κ1) is 65.5. The lowest BCUT2D eigenvalue weighted by molar-refractivity contribution is -0.870. The number of nitrogens with one attached hydrogen (secondary N) is 1. The van der Waals surface area contributed by atoms with Gasteiger partial charge in [-0.3, -0.25) is 9.36 Å². The molecule has 0 saturated heterocycles. The molecule has 0 aromatic heterocycles. The molecule has 67 heavy (non-hydrogen) atoms. The Morgan fingerprint density at radius 2 is 0.881 bits per heavy atom. The molecule has 0 radical (unpaired) electrons. The smallest absolute Gasteiger partial charge is 0.268 e. The molecule has 0 bridgehead atoms. The summed E-state index contributed by atoms with van der Waals surface area (Å²) in [6.07, 6.45) is 64.9. The number of quaternary nitrogens is 1. The molecule has 0 aromatic carbocycles. The quantitative estimate of drug-likeness (QED) is 0.0272. The molecule has 9 heteroatoms. The van der Waals surface area contributed by atoms with Gasteiger partial charge >= 0.3 is 0 Å². The lowest BCUT2D eigenvalue weighted by Crippen LogP contribution is -2.45. The molecule has 1 amide bonds. The van der Waals surface area contributed by atoms with E-state index in [1.807, 2.05) is 27.2 Å². The molecule has 3 atom stereocenters. The van der Waals surface area contributed by atoms with E-state index in [1.54, 1.807) is 6.08 Å². The van der Waals surface area contributed by atoms with Crippen molar-refractivity contribution in [3.05, 3.63) is 48.6 Å². The van der Waals surface area contributed by atoms with Crippen molar-refractivity contribution in [1.29, 1.82) is 0 Å². The molecule has 0 aliphatic carbocycles. The van der Waals surface area contributed by atoms with Gasteiger partial charge in [0.25, 0.3) is 7.82 Å². The van der Waals surface area contributed by atoms with Gasteiger partial charge in [-0.05, 0) is 64.2 Å². The van der Waals surface area contributed by atoms with Crippen LogP contribution < -0.4 is 10.2 Å². The summed E-state index contributed by atoms with van der Waals surface area (Å²) in [4.78, 5) is 25.4. The molecule has 0 saturated carbocycles. The fraction of sp³-hybridized carbons (Fsp3) is 0.845. The van der Waals surface area contributed by atoms with E-state index in [-0.39, 0.29) is 12.5 Å². The van der Waals surface area contributed by atoms with Crippen molar-refractivity contribution < 1.29 is 32.9 Å². The average Bonchev–Trinajstić information content (AvgIpc) is 3.29. The predicted octanol–water partition coefficient (Wildman–Crippen LogP) is 16.5. The third-order valence-electron chi connectivity index (χ3n) is 12.8. The maximum Gasteiger partial charge on any atom is 0.268 e. The van der Waals surface area contributed by atoms with Crippen LogP contribution in [0.2, 0.25) is 0 Å². The molecule has 394 valence electrons. The van der Waals surface area contributed by atoms with Gasteiger partial charge in [-0.15, -0.1) is 0 Å². The second-order valence-electron chi connectivity index (χ2n) is 20.6. The van der Waals surface area contributed by atoms with Gasteiger partial charge in [-0.2, -0.15) is 0 Å². The fourth-order valence-electron chi connectivity index (χ4n) is 8.26. The Labute approximate surface area is 416 Å². The maximum atomic E-state index is 12.9. The third-order valence-corrected chi connectivity index (χ3v) is 13.7. The number of likely N-dealkylation sites (N-methyl/N-ethyl adjacent to an activating group) is 1. The third kappa shape index (κ3) is 52.1. The van der Waals surface area contributed by atoms with Crippen LogP contribution in [0.25, 0.3) is 0 Å². The van der Waals surface area contributed by atoms with E-state index >= 15 is 0 Å². The standard InChI is InChI=1S/C58H111N2O6P/c1-6-8-10-12-14-16-18-20-21-22-23-24-25-26-27-28-29-30-31-32-33-34-35-36-37-38-39-40-42-44-46-48-50-52-58(62)59-56(55-66-67(63,64)65-54-53-60(3,4)5)57(61)51-49-47-45-43-41-19-17-15-13-11-9-7-2/h23-24,26-27,41,43,49,51,56-57,61H,6-22,25,28-40,42,44-48,50,52-55H2,1-5H3,(H-,59,62,63,64)/b24-23-,27-26-,43-41+,51-49+. The van der Waals surface area contributed by atoms with Crippen LogP contribution in [0.4, 0.5) is 0 Å². The van der Waals surface area contributed by atoms with Gasteiger partial charge < -0.3 is 28.8 Å².